The summed E-state index contributed by atoms with van der Waals surface area (Å²) in [5.74, 6) is -1.73. The third-order valence-corrected chi connectivity index (χ3v) is 6.05. The summed E-state index contributed by atoms with van der Waals surface area (Å²) in [6, 6.07) is 16.1. The summed E-state index contributed by atoms with van der Waals surface area (Å²) in [6.45, 7) is 0.330. The largest absolute Gasteiger partial charge is 0.481 e. The van der Waals surface area contributed by atoms with Crippen LogP contribution in [0.25, 0.3) is 11.1 Å². The minimum atomic E-state index is -1.06. The number of carbonyl (C=O) groups excluding carboxylic acids is 2. The second-order valence-electron chi connectivity index (χ2n) is 8.31. The molecule has 0 heterocycles. The van der Waals surface area contributed by atoms with Crippen molar-refractivity contribution in [3.05, 3.63) is 59.7 Å². The molecule has 8 nitrogen and oxygen atoms in total. The molecule has 2 aliphatic rings. The molecule has 0 saturated heterocycles. The zero-order chi connectivity index (χ0) is 22.7. The van der Waals surface area contributed by atoms with Crippen LogP contribution in [-0.4, -0.2) is 54.0 Å². The van der Waals surface area contributed by atoms with E-state index in [0.29, 0.717) is 6.42 Å². The number of aliphatic hydroxyl groups is 1. The standard InChI is InChI=1S/C24H26N2O6/c27-15(10-22(28)25-11-14-9-20(14)23(29)30)12-26-24(31)32-13-21-18-7-3-1-5-16(18)17-6-2-4-8-19(17)21/h1-8,14-15,20-21,27H,9-13H2,(H,25,28)(H,26,31)(H,29,30)/t14-,15?,20-/m0/s1. The maximum absolute atomic E-state index is 12.1. The Balaban J connectivity index is 1.19. The number of amides is 2. The Bertz CT molecular complexity index is 978. The molecule has 1 unspecified atom stereocenters. The van der Waals surface area contributed by atoms with Gasteiger partial charge in [-0.15, -0.1) is 0 Å². The number of carboxylic acid groups (broad SMARTS) is 1. The van der Waals surface area contributed by atoms with E-state index >= 15 is 0 Å². The topological polar surface area (TPSA) is 125 Å². The number of carbonyl (C=O) groups is 3. The second-order valence-corrected chi connectivity index (χ2v) is 8.31. The van der Waals surface area contributed by atoms with E-state index in [1.807, 2.05) is 36.4 Å². The van der Waals surface area contributed by atoms with Crippen LogP contribution in [0.15, 0.2) is 48.5 Å². The van der Waals surface area contributed by atoms with Crippen LogP contribution in [0.3, 0.4) is 0 Å². The molecule has 2 amide bonds. The number of nitrogens with one attached hydrogen (secondary N) is 2. The Morgan fingerprint density at radius 3 is 2.22 bits per heavy atom. The molecule has 0 bridgehead atoms. The monoisotopic (exact) mass is 438 g/mol. The first-order valence-electron chi connectivity index (χ1n) is 10.7. The average Bonchev–Trinajstić information content (AvgIpc) is 3.51. The number of ether oxygens (including phenoxy) is 1. The van der Waals surface area contributed by atoms with E-state index in [-0.39, 0.29) is 43.9 Å². The highest BCUT2D eigenvalue weighted by molar-refractivity contribution is 5.79. The van der Waals surface area contributed by atoms with E-state index < -0.39 is 24.1 Å². The van der Waals surface area contributed by atoms with Gasteiger partial charge in [0.2, 0.25) is 5.91 Å². The first-order valence-corrected chi connectivity index (χ1v) is 10.7. The fraction of sp³-hybridized carbons (Fsp3) is 0.375. The zero-order valence-electron chi connectivity index (χ0n) is 17.5. The lowest BCUT2D eigenvalue weighted by atomic mass is 9.98. The summed E-state index contributed by atoms with van der Waals surface area (Å²) < 4.78 is 5.40. The molecular weight excluding hydrogens is 412 g/mol. The van der Waals surface area contributed by atoms with Gasteiger partial charge in [0.05, 0.1) is 18.4 Å². The van der Waals surface area contributed by atoms with Gasteiger partial charge < -0.3 is 25.6 Å². The molecule has 0 aromatic heterocycles. The van der Waals surface area contributed by atoms with Gasteiger partial charge in [-0.1, -0.05) is 48.5 Å². The lowest BCUT2D eigenvalue weighted by molar-refractivity contribution is -0.139. The van der Waals surface area contributed by atoms with Crippen LogP contribution in [-0.2, 0) is 14.3 Å². The van der Waals surface area contributed by atoms with Crippen molar-refractivity contribution < 1.29 is 29.3 Å². The highest BCUT2D eigenvalue weighted by Crippen LogP contribution is 2.44. The molecule has 2 aromatic rings. The van der Waals surface area contributed by atoms with Crippen LogP contribution in [0.5, 0.6) is 0 Å². The van der Waals surface area contributed by atoms with Crippen LogP contribution in [0.1, 0.15) is 29.9 Å². The minimum absolute atomic E-state index is 0.0486. The summed E-state index contributed by atoms with van der Waals surface area (Å²) in [6.07, 6.45) is -1.35. The van der Waals surface area contributed by atoms with Crippen LogP contribution in [0.2, 0.25) is 0 Å². The van der Waals surface area contributed by atoms with Crippen LogP contribution >= 0.6 is 0 Å². The predicted molar refractivity (Wildman–Crippen MR) is 116 cm³/mol. The molecule has 0 radical (unpaired) electrons. The van der Waals surface area contributed by atoms with Crippen molar-refractivity contribution in [2.75, 3.05) is 19.7 Å². The maximum atomic E-state index is 12.1. The number of fused-ring (bicyclic) bond motifs is 3. The smallest absolute Gasteiger partial charge is 0.407 e. The Kier molecular flexibility index (Phi) is 6.41. The molecule has 4 rings (SSSR count). The molecule has 8 heteroatoms. The summed E-state index contributed by atoms with van der Waals surface area (Å²) in [4.78, 5) is 34.8. The normalized spacial score (nSPS) is 19.4. The molecule has 2 aromatic carbocycles. The highest BCUT2D eigenvalue weighted by Gasteiger charge is 2.43. The fourth-order valence-electron chi connectivity index (χ4n) is 4.23. The molecule has 32 heavy (non-hydrogen) atoms. The lowest BCUT2D eigenvalue weighted by Gasteiger charge is -2.16. The van der Waals surface area contributed by atoms with Gasteiger partial charge in [-0.2, -0.15) is 0 Å². The van der Waals surface area contributed by atoms with Crippen LogP contribution in [0.4, 0.5) is 4.79 Å². The van der Waals surface area contributed by atoms with Gasteiger partial charge in [0.15, 0.2) is 0 Å². The molecule has 0 aliphatic heterocycles. The minimum Gasteiger partial charge on any atom is -0.481 e. The van der Waals surface area contributed by atoms with Gasteiger partial charge in [-0.25, -0.2) is 4.79 Å². The molecular formula is C24H26N2O6. The molecule has 2 aliphatic carbocycles. The van der Waals surface area contributed by atoms with Gasteiger partial charge in [0.1, 0.15) is 6.61 Å². The van der Waals surface area contributed by atoms with E-state index in [0.717, 1.165) is 22.3 Å². The van der Waals surface area contributed by atoms with Crippen LogP contribution < -0.4 is 10.6 Å². The van der Waals surface area contributed by atoms with E-state index in [9.17, 15) is 19.5 Å². The maximum Gasteiger partial charge on any atom is 0.407 e. The van der Waals surface area contributed by atoms with Gasteiger partial charge in [-0.3, -0.25) is 9.59 Å². The number of carboxylic acids is 1. The third kappa shape index (κ3) is 4.91. The van der Waals surface area contributed by atoms with Gasteiger partial charge in [0.25, 0.3) is 0 Å². The number of aliphatic hydroxyl groups excluding tert-OH is 1. The van der Waals surface area contributed by atoms with Crippen molar-refractivity contribution in [1.29, 1.82) is 0 Å². The third-order valence-electron chi connectivity index (χ3n) is 6.05. The van der Waals surface area contributed by atoms with Gasteiger partial charge in [-0.05, 0) is 34.6 Å². The van der Waals surface area contributed by atoms with Crippen molar-refractivity contribution in [3.63, 3.8) is 0 Å². The fourth-order valence-corrected chi connectivity index (χ4v) is 4.23. The summed E-state index contributed by atoms with van der Waals surface area (Å²) in [5.41, 5.74) is 4.50. The van der Waals surface area contributed by atoms with E-state index in [1.165, 1.54) is 0 Å². The number of hydrogen-bond donors (Lipinski definition) is 4. The number of alkyl carbamates (subject to hydrolysis) is 1. The number of rotatable bonds is 9. The van der Waals surface area contributed by atoms with E-state index in [4.69, 9.17) is 9.84 Å². The van der Waals surface area contributed by atoms with E-state index in [1.54, 1.807) is 0 Å². The lowest BCUT2D eigenvalue weighted by Crippen LogP contribution is -2.37. The summed E-state index contributed by atoms with van der Waals surface area (Å²) >= 11 is 0. The zero-order valence-corrected chi connectivity index (χ0v) is 17.5. The molecule has 1 fully saturated rings. The molecule has 4 N–H and O–H groups in total. The summed E-state index contributed by atoms with van der Waals surface area (Å²) in [5, 5.41) is 24.0. The second kappa shape index (κ2) is 9.40. The van der Waals surface area contributed by atoms with Crippen molar-refractivity contribution in [3.8, 4) is 11.1 Å². The number of benzene rings is 2. The predicted octanol–water partition coefficient (Wildman–Crippen LogP) is 2.11. The highest BCUT2D eigenvalue weighted by atomic mass is 16.5. The Morgan fingerprint density at radius 1 is 1.00 bits per heavy atom. The van der Waals surface area contributed by atoms with Crippen LogP contribution in [0, 0.1) is 11.8 Å². The molecule has 168 valence electrons. The van der Waals surface area contributed by atoms with Gasteiger partial charge in [0, 0.05) is 19.0 Å². The van der Waals surface area contributed by atoms with Crippen molar-refractivity contribution in [1.82, 2.24) is 10.6 Å². The Hall–Kier alpha value is -3.39. The summed E-state index contributed by atoms with van der Waals surface area (Å²) in [7, 11) is 0. The van der Waals surface area contributed by atoms with Gasteiger partial charge >= 0.3 is 12.1 Å². The quantitative estimate of drug-likeness (QED) is 0.475. The Morgan fingerprint density at radius 2 is 1.62 bits per heavy atom. The average molecular weight is 438 g/mol. The van der Waals surface area contributed by atoms with Crippen molar-refractivity contribution >= 4 is 18.0 Å². The molecule has 1 saturated carbocycles. The Labute approximate surface area is 185 Å². The van der Waals surface area contributed by atoms with Crippen molar-refractivity contribution in [2.24, 2.45) is 11.8 Å². The van der Waals surface area contributed by atoms with E-state index in [2.05, 4.69) is 22.8 Å². The molecule has 0 spiro atoms. The SMILES string of the molecule is O=C(CC(O)CNC(=O)OCC1c2ccccc2-c2ccccc21)NC[C@@H]1C[C@@H]1C(=O)O. The first kappa shape index (κ1) is 21.8. The number of aliphatic carboxylic acids is 1. The molecule has 3 atom stereocenters. The van der Waals surface area contributed by atoms with Crippen molar-refractivity contribution in [2.45, 2.75) is 24.9 Å². The first-order chi connectivity index (χ1) is 15.4. The number of hydrogen-bond acceptors (Lipinski definition) is 5.